The summed E-state index contributed by atoms with van der Waals surface area (Å²) in [4.78, 5) is 0. The molecule has 0 atom stereocenters. The molecule has 21 heavy (non-hydrogen) atoms. The van der Waals surface area contributed by atoms with Gasteiger partial charge in [0.15, 0.2) is 0 Å². The van der Waals surface area contributed by atoms with Crippen LogP contribution in [0.2, 0.25) is 0 Å². The molecule has 3 heteroatoms. The average molecular weight is 291 g/mol. The lowest BCUT2D eigenvalue weighted by molar-refractivity contribution is 0.181. The molecule has 0 saturated heterocycles. The van der Waals surface area contributed by atoms with Crippen molar-refractivity contribution in [2.24, 2.45) is 0 Å². The van der Waals surface area contributed by atoms with Crippen LogP contribution in [0, 0.1) is 0 Å². The first-order valence-corrected chi connectivity index (χ1v) is 8.26. The lowest BCUT2D eigenvalue weighted by Crippen LogP contribution is -2.23. The molecule has 118 valence electrons. The topological polar surface area (TPSA) is 30.5 Å². The van der Waals surface area contributed by atoms with Gasteiger partial charge >= 0.3 is 0 Å². The first kappa shape index (κ1) is 16.2. The van der Waals surface area contributed by atoms with E-state index < -0.39 is 0 Å². The number of benzene rings is 1. The van der Waals surface area contributed by atoms with Crippen LogP contribution < -0.4 is 14.8 Å². The third-order valence-electron chi connectivity index (χ3n) is 4.07. The number of hydrogen-bond donors (Lipinski definition) is 1. The Morgan fingerprint density at radius 2 is 1.86 bits per heavy atom. The minimum Gasteiger partial charge on any atom is -0.497 e. The maximum atomic E-state index is 6.32. The quantitative estimate of drug-likeness (QED) is 0.793. The fraction of sp³-hybridized carbons (Fsp3) is 0.667. The van der Waals surface area contributed by atoms with E-state index in [2.05, 4.69) is 25.2 Å². The highest BCUT2D eigenvalue weighted by Crippen LogP contribution is 2.29. The van der Waals surface area contributed by atoms with Crippen LogP contribution >= 0.6 is 0 Å². The summed E-state index contributed by atoms with van der Waals surface area (Å²) in [6, 6.07) is 6.62. The predicted octanol–water partition coefficient (Wildman–Crippen LogP) is 4.29. The lowest BCUT2D eigenvalue weighted by atomic mass is 10.1. The fourth-order valence-corrected chi connectivity index (χ4v) is 2.77. The second-order valence-electron chi connectivity index (χ2n) is 6.24. The third kappa shape index (κ3) is 5.24. The van der Waals surface area contributed by atoms with Gasteiger partial charge in [-0.3, -0.25) is 0 Å². The summed E-state index contributed by atoms with van der Waals surface area (Å²) in [5.74, 6) is 1.85. The van der Waals surface area contributed by atoms with Crippen molar-refractivity contribution >= 4 is 0 Å². The Labute approximate surface area is 129 Å². The normalized spacial score (nSPS) is 16.8. The molecule has 1 aliphatic rings. The second kappa shape index (κ2) is 8.28. The van der Waals surface area contributed by atoms with Crippen molar-refractivity contribution in [3.8, 4) is 11.5 Å². The van der Waals surface area contributed by atoms with Gasteiger partial charge in [0.25, 0.3) is 0 Å². The Balaban J connectivity index is 2.09. The van der Waals surface area contributed by atoms with Gasteiger partial charge in [0.2, 0.25) is 0 Å². The first-order valence-electron chi connectivity index (χ1n) is 8.26. The van der Waals surface area contributed by atoms with Gasteiger partial charge in [0, 0.05) is 24.2 Å². The number of nitrogens with one attached hydrogen (secondary N) is 1. The Morgan fingerprint density at radius 1 is 1.14 bits per heavy atom. The summed E-state index contributed by atoms with van der Waals surface area (Å²) < 4.78 is 11.7. The van der Waals surface area contributed by atoms with E-state index in [0.29, 0.717) is 12.1 Å². The lowest BCUT2D eigenvalue weighted by Gasteiger charge is -2.21. The van der Waals surface area contributed by atoms with E-state index in [1.165, 1.54) is 44.1 Å². The summed E-state index contributed by atoms with van der Waals surface area (Å²) in [6.45, 7) is 5.16. The van der Waals surface area contributed by atoms with Crippen molar-refractivity contribution in [3.05, 3.63) is 23.8 Å². The van der Waals surface area contributed by atoms with E-state index in [4.69, 9.17) is 9.47 Å². The number of ether oxygens (including phenoxy) is 2. The molecule has 0 radical (unpaired) electrons. The van der Waals surface area contributed by atoms with Crippen LogP contribution in [0.4, 0.5) is 0 Å². The molecular weight excluding hydrogens is 262 g/mol. The largest absolute Gasteiger partial charge is 0.497 e. The minimum atomic E-state index is 0.359. The standard InChI is InChI=1S/C18H29NO2/c1-14(2)19-13-15-10-11-17(20-3)12-18(15)21-16-8-6-4-5-7-9-16/h10-12,14,16,19H,4-9,13H2,1-3H3. The summed E-state index contributed by atoms with van der Waals surface area (Å²) in [7, 11) is 1.71. The molecule has 0 amide bonds. The highest BCUT2D eigenvalue weighted by molar-refractivity contribution is 5.41. The summed E-state index contributed by atoms with van der Waals surface area (Å²) in [5.41, 5.74) is 1.22. The van der Waals surface area contributed by atoms with E-state index in [0.717, 1.165) is 18.0 Å². The fourth-order valence-electron chi connectivity index (χ4n) is 2.77. The van der Waals surface area contributed by atoms with Crippen LogP contribution in [0.5, 0.6) is 11.5 Å². The maximum Gasteiger partial charge on any atom is 0.127 e. The van der Waals surface area contributed by atoms with E-state index in [9.17, 15) is 0 Å². The number of rotatable bonds is 6. The minimum absolute atomic E-state index is 0.359. The van der Waals surface area contributed by atoms with Gasteiger partial charge in [-0.15, -0.1) is 0 Å². The smallest absolute Gasteiger partial charge is 0.127 e. The van der Waals surface area contributed by atoms with Crippen molar-refractivity contribution < 1.29 is 9.47 Å². The molecule has 0 aromatic heterocycles. The van der Waals surface area contributed by atoms with Gasteiger partial charge in [-0.2, -0.15) is 0 Å². The highest BCUT2D eigenvalue weighted by Gasteiger charge is 2.16. The Kier molecular flexibility index (Phi) is 6.37. The number of hydrogen-bond acceptors (Lipinski definition) is 3. The molecule has 1 N–H and O–H groups in total. The van der Waals surface area contributed by atoms with Gasteiger partial charge in [-0.05, 0) is 31.7 Å². The Hall–Kier alpha value is -1.22. The van der Waals surface area contributed by atoms with E-state index in [1.807, 2.05) is 12.1 Å². The molecule has 2 rings (SSSR count). The molecule has 0 unspecified atom stereocenters. The SMILES string of the molecule is COc1ccc(CNC(C)C)c(OC2CCCCCC2)c1. The van der Waals surface area contributed by atoms with Crippen molar-refractivity contribution in [3.63, 3.8) is 0 Å². The van der Waals surface area contributed by atoms with E-state index >= 15 is 0 Å². The second-order valence-corrected chi connectivity index (χ2v) is 6.24. The Morgan fingerprint density at radius 3 is 2.48 bits per heavy atom. The van der Waals surface area contributed by atoms with Gasteiger partial charge < -0.3 is 14.8 Å². The predicted molar refractivity (Wildman–Crippen MR) is 87.1 cm³/mol. The van der Waals surface area contributed by atoms with Gasteiger partial charge in [0.05, 0.1) is 13.2 Å². The molecule has 1 aromatic rings. The van der Waals surface area contributed by atoms with E-state index in [-0.39, 0.29) is 0 Å². The molecule has 1 aliphatic carbocycles. The average Bonchev–Trinajstić information content (AvgIpc) is 2.74. The van der Waals surface area contributed by atoms with Crippen LogP contribution in [-0.2, 0) is 6.54 Å². The van der Waals surface area contributed by atoms with Gasteiger partial charge in [-0.1, -0.05) is 32.8 Å². The van der Waals surface area contributed by atoms with Gasteiger partial charge in [-0.25, -0.2) is 0 Å². The first-order chi connectivity index (χ1) is 10.2. The molecule has 0 bridgehead atoms. The van der Waals surface area contributed by atoms with Crippen LogP contribution in [0.1, 0.15) is 57.9 Å². The molecular formula is C18H29NO2. The van der Waals surface area contributed by atoms with Crippen molar-refractivity contribution in [2.75, 3.05) is 7.11 Å². The number of methoxy groups -OCH3 is 1. The molecule has 0 aliphatic heterocycles. The molecule has 0 heterocycles. The van der Waals surface area contributed by atoms with Crippen molar-refractivity contribution in [1.29, 1.82) is 0 Å². The zero-order valence-corrected chi connectivity index (χ0v) is 13.7. The zero-order chi connectivity index (χ0) is 15.1. The molecule has 1 aromatic carbocycles. The third-order valence-corrected chi connectivity index (χ3v) is 4.07. The molecule has 1 fully saturated rings. The van der Waals surface area contributed by atoms with Crippen LogP contribution in [-0.4, -0.2) is 19.3 Å². The molecule has 0 spiro atoms. The zero-order valence-electron chi connectivity index (χ0n) is 13.7. The van der Waals surface area contributed by atoms with Crippen LogP contribution in [0.25, 0.3) is 0 Å². The Bertz CT molecular complexity index is 423. The van der Waals surface area contributed by atoms with Crippen molar-refractivity contribution in [1.82, 2.24) is 5.32 Å². The van der Waals surface area contributed by atoms with Crippen LogP contribution in [0.3, 0.4) is 0 Å². The van der Waals surface area contributed by atoms with E-state index in [1.54, 1.807) is 7.11 Å². The monoisotopic (exact) mass is 291 g/mol. The summed E-state index contributed by atoms with van der Waals surface area (Å²) in [6.07, 6.45) is 7.97. The summed E-state index contributed by atoms with van der Waals surface area (Å²) in [5, 5.41) is 3.47. The highest BCUT2D eigenvalue weighted by atomic mass is 16.5. The maximum absolute atomic E-state index is 6.32. The molecule has 1 saturated carbocycles. The van der Waals surface area contributed by atoms with Crippen molar-refractivity contribution in [2.45, 2.75) is 71.1 Å². The molecule has 3 nitrogen and oxygen atoms in total. The van der Waals surface area contributed by atoms with Crippen LogP contribution in [0.15, 0.2) is 18.2 Å². The summed E-state index contributed by atoms with van der Waals surface area (Å²) >= 11 is 0. The van der Waals surface area contributed by atoms with Gasteiger partial charge in [0.1, 0.15) is 11.5 Å².